The second kappa shape index (κ2) is 6.77. The van der Waals surface area contributed by atoms with Crippen molar-refractivity contribution in [1.82, 2.24) is 4.98 Å². The van der Waals surface area contributed by atoms with Crippen LogP contribution in [-0.2, 0) is 4.74 Å². The summed E-state index contributed by atoms with van der Waals surface area (Å²) < 4.78 is 23.5. The van der Waals surface area contributed by atoms with Gasteiger partial charge in [0.15, 0.2) is 0 Å². The van der Waals surface area contributed by atoms with Gasteiger partial charge in [-0.05, 0) is 56.7 Å². The van der Waals surface area contributed by atoms with Crippen LogP contribution >= 0.6 is 0 Å². The summed E-state index contributed by atoms with van der Waals surface area (Å²) in [6.45, 7) is 8.51. The highest BCUT2D eigenvalue weighted by atomic mass is 19.1. The summed E-state index contributed by atoms with van der Waals surface area (Å²) in [7, 11) is 0. The Morgan fingerprint density at radius 1 is 1.38 bits per heavy atom. The van der Waals surface area contributed by atoms with Gasteiger partial charge in [-0.25, -0.2) is 9.37 Å². The van der Waals surface area contributed by atoms with E-state index in [4.69, 9.17) is 14.5 Å². The number of anilines is 1. The molecular weight excluding hydrogens is 307 g/mol. The van der Waals surface area contributed by atoms with Crippen LogP contribution in [0.2, 0.25) is 0 Å². The molecule has 0 unspecified atom stereocenters. The molecule has 1 aromatic carbocycles. The molecule has 0 N–H and O–H groups in total. The van der Waals surface area contributed by atoms with Crippen LogP contribution in [0.5, 0.6) is 5.75 Å². The highest BCUT2D eigenvalue weighted by molar-refractivity contribution is 5.82. The van der Waals surface area contributed by atoms with Crippen molar-refractivity contribution in [2.24, 2.45) is 0 Å². The Kier molecular flexibility index (Phi) is 4.71. The highest BCUT2D eigenvalue weighted by Crippen LogP contribution is 2.28. The predicted molar refractivity (Wildman–Crippen MR) is 94.3 cm³/mol. The monoisotopic (exact) mass is 330 g/mol. The lowest BCUT2D eigenvalue weighted by Crippen LogP contribution is -2.53. The molecule has 0 bridgehead atoms. The maximum atomic E-state index is 12.4. The van der Waals surface area contributed by atoms with Gasteiger partial charge in [-0.15, -0.1) is 0 Å². The topological polar surface area (TPSA) is 34.6 Å². The zero-order valence-corrected chi connectivity index (χ0v) is 14.4. The molecule has 0 aliphatic carbocycles. The molecule has 128 valence electrons. The summed E-state index contributed by atoms with van der Waals surface area (Å²) in [6, 6.07) is 9.83. The molecule has 2 aromatic rings. The van der Waals surface area contributed by atoms with Gasteiger partial charge in [-0.1, -0.05) is 0 Å². The first-order valence-electron chi connectivity index (χ1n) is 8.14. The van der Waals surface area contributed by atoms with Crippen molar-refractivity contribution in [1.29, 1.82) is 0 Å². The number of nitrogens with zero attached hydrogens (tertiary/aromatic N) is 2. The minimum Gasteiger partial charge on any atom is -0.489 e. The number of pyridine rings is 1. The van der Waals surface area contributed by atoms with Gasteiger partial charge in [0.2, 0.25) is 0 Å². The molecule has 24 heavy (non-hydrogen) atoms. The second-order valence-corrected chi connectivity index (χ2v) is 6.78. The van der Waals surface area contributed by atoms with E-state index in [0.29, 0.717) is 24.3 Å². The average Bonchev–Trinajstić information content (AvgIpc) is 2.58. The molecule has 4 nitrogen and oxygen atoms in total. The summed E-state index contributed by atoms with van der Waals surface area (Å²) in [5.41, 5.74) is 1.40. The molecule has 1 aliphatic heterocycles. The lowest BCUT2D eigenvalue weighted by Gasteiger charge is -2.43. The number of morpholine rings is 1. The molecule has 2 heterocycles. The number of halogens is 1. The summed E-state index contributed by atoms with van der Waals surface area (Å²) >= 11 is 0. The van der Waals surface area contributed by atoms with Crippen molar-refractivity contribution in [3.8, 4) is 5.75 Å². The summed E-state index contributed by atoms with van der Waals surface area (Å²) in [6.07, 6.45) is 0.568. The van der Waals surface area contributed by atoms with Crippen LogP contribution in [0.4, 0.5) is 10.2 Å². The first kappa shape index (κ1) is 16.7. The van der Waals surface area contributed by atoms with Crippen molar-refractivity contribution in [3.63, 3.8) is 0 Å². The third-order valence-corrected chi connectivity index (χ3v) is 4.22. The number of ether oxygens (including phenoxy) is 2. The minimum absolute atomic E-state index is 0.0712. The van der Waals surface area contributed by atoms with Crippen molar-refractivity contribution in [3.05, 3.63) is 42.2 Å². The fourth-order valence-electron chi connectivity index (χ4n) is 2.84. The maximum absolute atomic E-state index is 12.4. The normalized spacial score (nSPS) is 18.0. The van der Waals surface area contributed by atoms with Crippen LogP contribution in [0.3, 0.4) is 0 Å². The molecule has 1 saturated heterocycles. The van der Waals surface area contributed by atoms with Crippen LogP contribution in [0, 0.1) is 0 Å². The van der Waals surface area contributed by atoms with Gasteiger partial charge in [0.1, 0.15) is 18.2 Å². The first-order chi connectivity index (χ1) is 11.5. The second-order valence-electron chi connectivity index (χ2n) is 6.78. The Balaban J connectivity index is 1.84. The van der Waals surface area contributed by atoms with Gasteiger partial charge in [-0.2, -0.15) is 0 Å². The standard InChI is InChI=1S/C19H23FN2O2/c1-14(11-20)12-24-16-5-6-17-15(10-16)4-7-18(21-17)22-8-9-23-13-19(22,2)3/h4-7,10-11H,8-9,12-13H2,1-3H3/b14-11+. The predicted octanol–water partition coefficient (Wildman–Crippen LogP) is 4.10. The summed E-state index contributed by atoms with van der Waals surface area (Å²) in [4.78, 5) is 7.08. The van der Waals surface area contributed by atoms with Gasteiger partial charge in [0.05, 0.1) is 30.6 Å². The molecule has 0 spiro atoms. The van der Waals surface area contributed by atoms with E-state index in [9.17, 15) is 4.39 Å². The molecule has 3 rings (SSSR count). The quantitative estimate of drug-likeness (QED) is 0.845. The van der Waals surface area contributed by atoms with Crippen molar-refractivity contribution in [2.45, 2.75) is 26.3 Å². The van der Waals surface area contributed by atoms with Crippen LogP contribution in [0.25, 0.3) is 10.9 Å². The number of fused-ring (bicyclic) bond motifs is 1. The summed E-state index contributed by atoms with van der Waals surface area (Å²) in [5.74, 6) is 1.67. The van der Waals surface area contributed by atoms with Crippen molar-refractivity contribution >= 4 is 16.7 Å². The van der Waals surface area contributed by atoms with E-state index in [2.05, 4.69) is 18.7 Å². The van der Waals surface area contributed by atoms with E-state index >= 15 is 0 Å². The van der Waals surface area contributed by atoms with Crippen molar-refractivity contribution < 1.29 is 13.9 Å². The Morgan fingerprint density at radius 3 is 2.96 bits per heavy atom. The van der Waals surface area contributed by atoms with Gasteiger partial charge in [0, 0.05) is 11.9 Å². The SMILES string of the molecule is C/C(=C\F)COc1ccc2nc(N3CCOCC3(C)C)ccc2c1. The first-order valence-corrected chi connectivity index (χ1v) is 8.14. The third-order valence-electron chi connectivity index (χ3n) is 4.22. The fraction of sp³-hybridized carbons (Fsp3) is 0.421. The largest absolute Gasteiger partial charge is 0.489 e. The zero-order chi connectivity index (χ0) is 17.2. The molecule has 1 aromatic heterocycles. The van der Waals surface area contributed by atoms with E-state index < -0.39 is 0 Å². The zero-order valence-electron chi connectivity index (χ0n) is 14.4. The van der Waals surface area contributed by atoms with Crippen LogP contribution in [-0.4, -0.2) is 36.9 Å². The molecule has 5 heteroatoms. The van der Waals surface area contributed by atoms with E-state index in [1.165, 1.54) is 0 Å². The lowest BCUT2D eigenvalue weighted by atomic mass is 10.0. The molecule has 1 fully saturated rings. The molecular formula is C19H23FN2O2. The molecule has 0 saturated carbocycles. The number of hydrogen-bond donors (Lipinski definition) is 0. The van der Waals surface area contributed by atoms with Crippen LogP contribution in [0.1, 0.15) is 20.8 Å². The fourth-order valence-corrected chi connectivity index (χ4v) is 2.84. The Labute approximate surface area is 141 Å². The number of rotatable bonds is 4. The van der Waals surface area contributed by atoms with E-state index in [0.717, 1.165) is 29.9 Å². The Hall–Kier alpha value is -2.14. The Morgan fingerprint density at radius 2 is 2.21 bits per heavy atom. The lowest BCUT2D eigenvalue weighted by molar-refractivity contribution is 0.0639. The molecule has 0 atom stereocenters. The van der Waals surface area contributed by atoms with E-state index in [-0.39, 0.29) is 12.1 Å². The van der Waals surface area contributed by atoms with Gasteiger partial charge < -0.3 is 14.4 Å². The van der Waals surface area contributed by atoms with E-state index in [1.807, 2.05) is 30.3 Å². The smallest absolute Gasteiger partial charge is 0.129 e. The number of hydrogen-bond acceptors (Lipinski definition) is 4. The molecule has 1 aliphatic rings. The van der Waals surface area contributed by atoms with Gasteiger partial charge in [0.25, 0.3) is 0 Å². The average molecular weight is 330 g/mol. The van der Waals surface area contributed by atoms with Gasteiger partial charge in [-0.3, -0.25) is 0 Å². The van der Waals surface area contributed by atoms with E-state index in [1.54, 1.807) is 6.92 Å². The Bertz CT molecular complexity index is 758. The molecule has 0 radical (unpaired) electrons. The molecule has 0 amide bonds. The van der Waals surface area contributed by atoms with Crippen LogP contribution < -0.4 is 9.64 Å². The van der Waals surface area contributed by atoms with Crippen LogP contribution in [0.15, 0.2) is 42.2 Å². The third kappa shape index (κ3) is 3.51. The van der Waals surface area contributed by atoms with Crippen molar-refractivity contribution in [2.75, 3.05) is 31.3 Å². The number of aromatic nitrogens is 1. The highest BCUT2D eigenvalue weighted by Gasteiger charge is 2.31. The summed E-state index contributed by atoms with van der Waals surface area (Å²) in [5, 5.41) is 1.00. The maximum Gasteiger partial charge on any atom is 0.129 e. The minimum atomic E-state index is -0.0712. The van der Waals surface area contributed by atoms with Gasteiger partial charge >= 0.3 is 0 Å². The number of benzene rings is 1.